The third-order valence-corrected chi connectivity index (χ3v) is 13.3. The van der Waals surface area contributed by atoms with Crippen molar-refractivity contribution in [3.63, 3.8) is 0 Å². The Morgan fingerprint density at radius 1 is 0.300 bits per heavy atom. The summed E-state index contributed by atoms with van der Waals surface area (Å²) in [6.07, 6.45) is 73.6. The van der Waals surface area contributed by atoms with Crippen LogP contribution in [0.3, 0.4) is 0 Å². The molecule has 0 heterocycles. The van der Waals surface area contributed by atoms with Crippen molar-refractivity contribution in [3.8, 4) is 0 Å². The molecule has 0 amide bonds. The average molecular weight is 980 g/mol. The maximum atomic E-state index is 12.9. The zero-order valence-electron chi connectivity index (χ0n) is 46.5. The molecule has 406 valence electrons. The van der Waals surface area contributed by atoms with E-state index in [9.17, 15) is 14.4 Å². The Labute approximate surface area is 434 Å². The number of carbonyl (C=O) groups excluding carboxylic acids is 3. The molecule has 0 saturated heterocycles. The second-order valence-corrected chi connectivity index (χ2v) is 20.2. The number of rotatable bonds is 55. The first kappa shape index (κ1) is 67.1. The smallest absolute Gasteiger partial charge is 0.306 e. The van der Waals surface area contributed by atoms with E-state index in [1.54, 1.807) is 0 Å². The summed E-state index contributed by atoms with van der Waals surface area (Å²) in [6, 6.07) is 0. The lowest BCUT2D eigenvalue weighted by Crippen LogP contribution is -2.30. The van der Waals surface area contributed by atoms with Gasteiger partial charge in [-0.1, -0.05) is 268 Å². The van der Waals surface area contributed by atoms with Crippen molar-refractivity contribution < 1.29 is 28.6 Å². The number of carbonyl (C=O) groups is 3. The van der Waals surface area contributed by atoms with E-state index in [0.717, 1.165) is 89.9 Å². The van der Waals surface area contributed by atoms with E-state index in [4.69, 9.17) is 14.2 Å². The fraction of sp³-hybridized carbons (Fsp3) is 0.797. The van der Waals surface area contributed by atoms with Crippen LogP contribution in [0.25, 0.3) is 0 Å². The Morgan fingerprint density at radius 2 is 0.557 bits per heavy atom. The molecule has 0 aliphatic carbocycles. The van der Waals surface area contributed by atoms with Gasteiger partial charge in [0.2, 0.25) is 0 Å². The normalized spacial score (nSPS) is 12.4. The maximum absolute atomic E-state index is 12.9. The first-order chi connectivity index (χ1) is 34.5. The van der Waals surface area contributed by atoms with Crippen LogP contribution in [0.15, 0.2) is 60.8 Å². The summed E-state index contributed by atoms with van der Waals surface area (Å²) in [7, 11) is 0. The minimum absolute atomic E-state index is 0.0753. The predicted octanol–water partition coefficient (Wildman–Crippen LogP) is 20.4. The van der Waals surface area contributed by atoms with E-state index < -0.39 is 6.10 Å². The van der Waals surface area contributed by atoms with E-state index in [1.807, 2.05) is 0 Å². The lowest BCUT2D eigenvalue weighted by Gasteiger charge is -2.18. The van der Waals surface area contributed by atoms with Crippen LogP contribution in [0.4, 0.5) is 0 Å². The van der Waals surface area contributed by atoms with Gasteiger partial charge in [-0.2, -0.15) is 0 Å². The molecule has 6 heteroatoms. The SMILES string of the molecule is CC/C=C\C/C=C\C/C=C\C/C=C\CCCCCCCCCCCCC(=O)OCC(COC(=O)CCCCCCCCCCCCCCCC)OC(=O)CCCCCCC/C=C\CCCCCCCC. The highest BCUT2D eigenvalue weighted by Gasteiger charge is 2.19. The van der Waals surface area contributed by atoms with Gasteiger partial charge >= 0.3 is 17.9 Å². The zero-order valence-corrected chi connectivity index (χ0v) is 46.5. The monoisotopic (exact) mass is 979 g/mol. The molecule has 0 fully saturated rings. The molecule has 0 N–H and O–H groups in total. The van der Waals surface area contributed by atoms with Crippen LogP contribution in [0.1, 0.15) is 310 Å². The summed E-state index contributed by atoms with van der Waals surface area (Å²) in [4.78, 5) is 38.2. The van der Waals surface area contributed by atoms with E-state index >= 15 is 0 Å². The summed E-state index contributed by atoms with van der Waals surface area (Å²) < 4.78 is 16.9. The Bertz CT molecular complexity index is 1260. The third kappa shape index (κ3) is 56.0. The summed E-state index contributed by atoms with van der Waals surface area (Å²) in [6.45, 7) is 6.55. The molecule has 0 aliphatic rings. The lowest BCUT2D eigenvalue weighted by molar-refractivity contribution is -0.167. The minimum Gasteiger partial charge on any atom is -0.462 e. The average Bonchev–Trinajstić information content (AvgIpc) is 3.36. The maximum Gasteiger partial charge on any atom is 0.306 e. The molecule has 0 aromatic rings. The minimum atomic E-state index is -0.778. The molecule has 0 aromatic carbocycles. The van der Waals surface area contributed by atoms with Crippen LogP contribution >= 0.6 is 0 Å². The molecule has 0 radical (unpaired) electrons. The first-order valence-electron chi connectivity index (χ1n) is 30.3. The van der Waals surface area contributed by atoms with Crippen molar-refractivity contribution >= 4 is 17.9 Å². The van der Waals surface area contributed by atoms with Gasteiger partial charge in [0.1, 0.15) is 13.2 Å². The highest BCUT2D eigenvalue weighted by Crippen LogP contribution is 2.16. The zero-order chi connectivity index (χ0) is 50.7. The molecule has 0 bridgehead atoms. The standard InChI is InChI=1S/C64H114O6/c1-4-7-10-13-16-19-22-25-28-29-30-31-32-33-34-35-37-39-42-45-48-51-54-57-63(66)69-60-61(59-68-62(65)56-53-50-47-44-41-38-27-24-21-18-15-12-9-6-3)70-64(67)58-55-52-49-46-43-40-36-26-23-20-17-14-11-8-5-2/h7,10,16,19,25-26,28,30-31,36,61H,4-6,8-9,11-15,17-18,20-24,27,29,32-35,37-60H2,1-3H3/b10-7-,19-16-,28-25-,31-30-,36-26-. The van der Waals surface area contributed by atoms with E-state index in [2.05, 4.69) is 81.5 Å². The third-order valence-electron chi connectivity index (χ3n) is 13.3. The van der Waals surface area contributed by atoms with Crippen LogP contribution in [0.2, 0.25) is 0 Å². The summed E-state index contributed by atoms with van der Waals surface area (Å²) >= 11 is 0. The van der Waals surface area contributed by atoms with Crippen molar-refractivity contribution in [2.45, 2.75) is 316 Å². The molecule has 1 unspecified atom stereocenters. The first-order valence-corrected chi connectivity index (χ1v) is 30.3. The largest absolute Gasteiger partial charge is 0.462 e. The summed E-state index contributed by atoms with van der Waals surface area (Å²) in [5.41, 5.74) is 0. The number of allylic oxidation sites excluding steroid dienone is 10. The van der Waals surface area contributed by atoms with Gasteiger partial charge in [0.05, 0.1) is 0 Å². The van der Waals surface area contributed by atoms with Gasteiger partial charge in [0.15, 0.2) is 6.10 Å². The van der Waals surface area contributed by atoms with Crippen LogP contribution in [-0.4, -0.2) is 37.2 Å². The second-order valence-electron chi connectivity index (χ2n) is 20.2. The topological polar surface area (TPSA) is 78.9 Å². The van der Waals surface area contributed by atoms with E-state index in [1.165, 1.54) is 180 Å². The molecule has 70 heavy (non-hydrogen) atoms. The molecular weight excluding hydrogens is 865 g/mol. The summed E-state index contributed by atoms with van der Waals surface area (Å²) in [5, 5.41) is 0. The molecule has 6 nitrogen and oxygen atoms in total. The van der Waals surface area contributed by atoms with Crippen molar-refractivity contribution in [1.82, 2.24) is 0 Å². The van der Waals surface area contributed by atoms with Crippen LogP contribution in [0, 0.1) is 0 Å². The lowest BCUT2D eigenvalue weighted by atomic mass is 10.0. The van der Waals surface area contributed by atoms with E-state index in [0.29, 0.717) is 19.3 Å². The Kier molecular flexibility index (Phi) is 56.3. The Morgan fingerprint density at radius 3 is 0.886 bits per heavy atom. The van der Waals surface area contributed by atoms with Crippen LogP contribution < -0.4 is 0 Å². The number of hydrogen-bond acceptors (Lipinski definition) is 6. The van der Waals surface area contributed by atoms with E-state index in [-0.39, 0.29) is 31.1 Å². The molecule has 1 atom stereocenters. The molecule has 0 saturated carbocycles. The summed E-state index contributed by atoms with van der Waals surface area (Å²) in [5.74, 6) is -0.873. The van der Waals surface area contributed by atoms with Crippen molar-refractivity contribution in [2.75, 3.05) is 13.2 Å². The molecule has 0 aliphatic heterocycles. The van der Waals surface area contributed by atoms with Gasteiger partial charge in [-0.05, 0) is 83.5 Å². The quantitative estimate of drug-likeness (QED) is 0.0261. The van der Waals surface area contributed by atoms with Gasteiger partial charge in [-0.25, -0.2) is 0 Å². The van der Waals surface area contributed by atoms with Crippen LogP contribution in [-0.2, 0) is 28.6 Å². The second kappa shape index (κ2) is 58.7. The number of unbranched alkanes of at least 4 members (excludes halogenated alkanes) is 34. The van der Waals surface area contributed by atoms with Gasteiger partial charge in [0.25, 0.3) is 0 Å². The number of hydrogen-bond donors (Lipinski definition) is 0. The van der Waals surface area contributed by atoms with Crippen molar-refractivity contribution in [1.29, 1.82) is 0 Å². The predicted molar refractivity (Wildman–Crippen MR) is 302 cm³/mol. The molecular formula is C64H114O6. The molecule has 0 rings (SSSR count). The fourth-order valence-electron chi connectivity index (χ4n) is 8.72. The van der Waals surface area contributed by atoms with Gasteiger partial charge in [-0.15, -0.1) is 0 Å². The number of esters is 3. The highest BCUT2D eigenvalue weighted by molar-refractivity contribution is 5.71. The number of ether oxygens (including phenoxy) is 3. The van der Waals surface area contributed by atoms with Gasteiger partial charge in [-0.3, -0.25) is 14.4 Å². The van der Waals surface area contributed by atoms with Crippen LogP contribution in [0.5, 0.6) is 0 Å². The van der Waals surface area contributed by atoms with Crippen molar-refractivity contribution in [2.24, 2.45) is 0 Å². The fourth-order valence-corrected chi connectivity index (χ4v) is 8.72. The Balaban J connectivity index is 4.32. The van der Waals surface area contributed by atoms with Gasteiger partial charge in [0, 0.05) is 19.3 Å². The van der Waals surface area contributed by atoms with Gasteiger partial charge < -0.3 is 14.2 Å². The van der Waals surface area contributed by atoms with Crippen molar-refractivity contribution in [3.05, 3.63) is 60.8 Å². The molecule has 0 spiro atoms. The molecule has 0 aromatic heterocycles. The Hall–Kier alpha value is -2.89. The highest BCUT2D eigenvalue weighted by atomic mass is 16.6.